The fourth-order valence-electron chi connectivity index (χ4n) is 4.16. The Morgan fingerprint density at radius 2 is 2.22 bits per heavy atom. The van der Waals surface area contributed by atoms with Crippen LogP contribution in [0.4, 0.5) is 0 Å². The SMILES string of the molecule is C[C@@H](NC(=O)CN(C)S(=O)(=O)c1cccs1)[C@@H]1C[C@@H]2CC[C@@H]1C2. The highest BCUT2D eigenvalue weighted by atomic mass is 32.2. The van der Waals surface area contributed by atoms with Gasteiger partial charge in [-0.25, -0.2) is 8.42 Å². The van der Waals surface area contributed by atoms with Crippen molar-refractivity contribution in [3.05, 3.63) is 17.5 Å². The first-order chi connectivity index (χ1) is 10.9. The molecule has 2 saturated carbocycles. The zero-order valence-corrected chi connectivity index (χ0v) is 15.2. The third kappa shape index (κ3) is 3.46. The Balaban J connectivity index is 1.55. The van der Waals surface area contributed by atoms with Gasteiger partial charge in [0.1, 0.15) is 4.21 Å². The lowest BCUT2D eigenvalue weighted by Crippen LogP contribution is -2.45. The van der Waals surface area contributed by atoms with Crippen LogP contribution in [0.2, 0.25) is 0 Å². The van der Waals surface area contributed by atoms with Gasteiger partial charge in [-0.1, -0.05) is 12.5 Å². The van der Waals surface area contributed by atoms with Crippen LogP contribution in [0.3, 0.4) is 0 Å². The van der Waals surface area contributed by atoms with Crippen LogP contribution in [0.15, 0.2) is 21.7 Å². The Morgan fingerprint density at radius 3 is 2.78 bits per heavy atom. The van der Waals surface area contributed by atoms with Crippen molar-refractivity contribution in [3.63, 3.8) is 0 Å². The summed E-state index contributed by atoms with van der Waals surface area (Å²) in [6.45, 7) is 1.92. The van der Waals surface area contributed by atoms with E-state index in [0.717, 1.165) is 16.1 Å². The third-order valence-electron chi connectivity index (χ3n) is 5.35. The maximum atomic E-state index is 12.3. The van der Waals surface area contributed by atoms with Crippen molar-refractivity contribution in [2.75, 3.05) is 13.6 Å². The molecule has 128 valence electrons. The predicted molar refractivity (Wildman–Crippen MR) is 90.7 cm³/mol. The van der Waals surface area contributed by atoms with Crippen LogP contribution in [0.5, 0.6) is 0 Å². The van der Waals surface area contributed by atoms with Gasteiger partial charge >= 0.3 is 0 Å². The van der Waals surface area contributed by atoms with Crippen LogP contribution in [0, 0.1) is 17.8 Å². The molecular weight excluding hydrogens is 332 g/mol. The van der Waals surface area contributed by atoms with Gasteiger partial charge in [0.15, 0.2) is 0 Å². The van der Waals surface area contributed by atoms with Gasteiger partial charge in [-0.2, -0.15) is 4.31 Å². The molecule has 7 heteroatoms. The van der Waals surface area contributed by atoms with E-state index >= 15 is 0 Å². The van der Waals surface area contributed by atoms with E-state index < -0.39 is 10.0 Å². The smallest absolute Gasteiger partial charge is 0.252 e. The molecule has 1 aromatic heterocycles. The summed E-state index contributed by atoms with van der Waals surface area (Å²) < 4.78 is 26.1. The monoisotopic (exact) mass is 356 g/mol. The van der Waals surface area contributed by atoms with Gasteiger partial charge in [0.05, 0.1) is 6.54 Å². The van der Waals surface area contributed by atoms with E-state index in [1.54, 1.807) is 17.5 Å². The fourth-order valence-corrected chi connectivity index (χ4v) is 6.49. The fraction of sp³-hybridized carbons (Fsp3) is 0.688. The number of thiophene rings is 1. The molecule has 1 amide bonds. The first-order valence-corrected chi connectivity index (χ1v) is 10.5. The number of sulfonamides is 1. The Bertz CT molecular complexity index is 657. The molecule has 0 unspecified atom stereocenters. The van der Waals surface area contributed by atoms with E-state index in [9.17, 15) is 13.2 Å². The van der Waals surface area contributed by atoms with E-state index in [0.29, 0.717) is 5.92 Å². The second-order valence-corrected chi connectivity index (χ2v) is 10.1. The van der Waals surface area contributed by atoms with Crippen molar-refractivity contribution < 1.29 is 13.2 Å². The molecule has 0 saturated heterocycles. The summed E-state index contributed by atoms with van der Waals surface area (Å²) in [5, 5.41) is 4.73. The lowest BCUT2D eigenvalue weighted by molar-refractivity contribution is -0.122. The summed E-state index contributed by atoms with van der Waals surface area (Å²) in [5.74, 6) is 1.91. The second kappa shape index (κ2) is 6.53. The van der Waals surface area contributed by atoms with Crippen LogP contribution < -0.4 is 5.32 Å². The van der Waals surface area contributed by atoms with Crippen LogP contribution in [-0.4, -0.2) is 38.3 Å². The average Bonchev–Trinajstić information content (AvgIpc) is 3.23. The Labute approximate surface area is 142 Å². The molecular formula is C16H24N2O3S2. The standard InChI is InChI=1S/C16H24N2O3S2/c1-11(14-9-12-5-6-13(14)8-12)17-15(19)10-18(2)23(20,21)16-4-3-7-22-16/h3-4,7,11-14H,5-6,8-10H2,1-2H3,(H,17,19)/t11-,12-,13-,14+/m1/s1. The van der Waals surface area contributed by atoms with Crippen molar-refractivity contribution >= 4 is 27.3 Å². The zero-order valence-electron chi connectivity index (χ0n) is 13.6. The molecule has 1 N–H and O–H groups in total. The molecule has 5 nitrogen and oxygen atoms in total. The van der Waals surface area contributed by atoms with Gasteiger partial charge < -0.3 is 5.32 Å². The minimum atomic E-state index is -3.56. The maximum absolute atomic E-state index is 12.3. The summed E-state index contributed by atoms with van der Waals surface area (Å²) in [7, 11) is -2.11. The number of hydrogen-bond acceptors (Lipinski definition) is 4. The van der Waals surface area contributed by atoms with E-state index in [-0.39, 0.29) is 22.7 Å². The maximum Gasteiger partial charge on any atom is 0.252 e. The van der Waals surface area contributed by atoms with Crippen molar-refractivity contribution in [1.82, 2.24) is 9.62 Å². The molecule has 23 heavy (non-hydrogen) atoms. The van der Waals surface area contributed by atoms with E-state index in [1.165, 1.54) is 44.1 Å². The van der Waals surface area contributed by atoms with Gasteiger partial charge in [-0.05, 0) is 55.4 Å². The summed E-state index contributed by atoms with van der Waals surface area (Å²) >= 11 is 1.17. The van der Waals surface area contributed by atoms with Crippen LogP contribution in [0.25, 0.3) is 0 Å². The first-order valence-electron chi connectivity index (χ1n) is 8.17. The number of fused-ring (bicyclic) bond motifs is 2. The van der Waals surface area contributed by atoms with Crippen molar-refractivity contribution in [2.24, 2.45) is 17.8 Å². The average molecular weight is 357 g/mol. The largest absolute Gasteiger partial charge is 0.352 e. The first kappa shape index (κ1) is 16.9. The number of nitrogens with zero attached hydrogens (tertiary/aromatic N) is 1. The van der Waals surface area contributed by atoms with Crippen LogP contribution in [0.1, 0.15) is 32.6 Å². The quantitative estimate of drug-likeness (QED) is 0.850. The van der Waals surface area contributed by atoms with Gasteiger partial charge in [-0.15, -0.1) is 11.3 Å². The molecule has 2 aliphatic carbocycles. The number of carbonyl (C=O) groups excluding carboxylic acids is 1. The van der Waals surface area contributed by atoms with Crippen molar-refractivity contribution in [1.29, 1.82) is 0 Å². The molecule has 2 fully saturated rings. The van der Waals surface area contributed by atoms with Gasteiger partial charge in [0.25, 0.3) is 10.0 Å². The van der Waals surface area contributed by atoms with Gasteiger partial charge in [0.2, 0.25) is 5.91 Å². The lowest BCUT2D eigenvalue weighted by atomic mass is 9.84. The second-order valence-electron chi connectivity index (χ2n) is 6.89. The highest BCUT2D eigenvalue weighted by Gasteiger charge is 2.42. The van der Waals surface area contributed by atoms with E-state index in [1.807, 2.05) is 0 Å². The lowest BCUT2D eigenvalue weighted by Gasteiger charge is -2.29. The van der Waals surface area contributed by atoms with Crippen LogP contribution in [-0.2, 0) is 14.8 Å². The molecule has 1 heterocycles. The summed E-state index contributed by atoms with van der Waals surface area (Å²) in [4.78, 5) is 12.2. The summed E-state index contributed by atoms with van der Waals surface area (Å²) in [5.41, 5.74) is 0. The summed E-state index contributed by atoms with van der Waals surface area (Å²) in [6, 6.07) is 3.38. The highest BCUT2D eigenvalue weighted by Crippen LogP contribution is 2.49. The molecule has 2 bridgehead atoms. The number of likely N-dealkylation sites (N-methyl/N-ethyl adjacent to an activating group) is 1. The molecule has 1 aromatic rings. The minimum absolute atomic E-state index is 0.121. The zero-order chi connectivity index (χ0) is 16.6. The number of hydrogen-bond donors (Lipinski definition) is 1. The number of rotatable bonds is 6. The Hall–Kier alpha value is -0.920. The molecule has 0 aliphatic heterocycles. The van der Waals surface area contributed by atoms with Crippen molar-refractivity contribution in [3.8, 4) is 0 Å². The van der Waals surface area contributed by atoms with E-state index in [2.05, 4.69) is 12.2 Å². The van der Waals surface area contributed by atoms with Crippen LogP contribution >= 0.6 is 11.3 Å². The molecule has 0 aromatic carbocycles. The van der Waals surface area contributed by atoms with Gasteiger partial charge in [-0.3, -0.25) is 4.79 Å². The number of nitrogens with one attached hydrogen (secondary N) is 1. The topological polar surface area (TPSA) is 66.5 Å². The number of amides is 1. The van der Waals surface area contributed by atoms with Crippen molar-refractivity contribution in [2.45, 2.75) is 42.9 Å². The number of carbonyl (C=O) groups is 1. The predicted octanol–water partition coefficient (Wildman–Crippen LogP) is 2.31. The molecule has 0 spiro atoms. The molecule has 2 aliphatic rings. The van der Waals surface area contributed by atoms with E-state index in [4.69, 9.17) is 0 Å². The van der Waals surface area contributed by atoms with Gasteiger partial charge in [0, 0.05) is 13.1 Å². The third-order valence-corrected chi connectivity index (χ3v) is 8.53. The highest BCUT2D eigenvalue weighted by molar-refractivity contribution is 7.91. The Kier molecular flexibility index (Phi) is 4.80. The normalized spacial score (nSPS) is 28.2. The molecule has 0 radical (unpaired) electrons. The molecule has 4 atom stereocenters. The Morgan fingerprint density at radius 1 is 1.43 bits per heavy atom. The molecule has 3 rings (SSSR count). The minimum Gasteiger partial charge on any atom is -0.352 e. The summed E-state index contributed by atoms with van der Waals surface area (Å²) in [6.07, 6.45) is 5.12.